The van der Waals surface area contributed by atoms with Crippen LogP contribution in [0.25, 0.3) is 0 Å². The molecule has 0 spiro atoms. The number of anilines is 2. The summed E-state index contributed by atoms with van der Waals surface area (Å²) in [4.78, 5) is 23.7. The molecule has 8 heteroatoms. The van der Waals surface area contributed by atoms with Crippen LogP contribution in [0, 0.1) is 0 Å². The molecule has 1 atom stereocenters. The van der Waals surface area contributed by atoms with E-state index in [9.17, 15) is 9.59 Å². The molecular formula is C21H19BrN4O3. The van der Waals surface area contributed by atoms with Gasteiger partial charge in [-0.2, -0.15) is 5.10 Å². The number of ether oxygens (including phenoxy) is 1. The van der Waals surface area contributed by atoms with Crippen LogP contribution in [0.5, 0.6) is 0 Å². The van der Waals surface area contributed by atoms with E-state index in [1.807, 2.05) is 28.9 Å². The molecule has 0 saturated heterocycles. The van der Waals surface area contributed by atoms with Gasteiger partial charge in [0.2, 0.25) is 5.91 Å². The van der Waals surface area contributed by atoms with E-state index in [0.717, 1.165) is 15.7 Å². The van der Waals surface area contributed by atoms with E-state index >= 15 is 0 Å². The van der Waals surface area contributed by atoms with Gasteiger partial charge in [-0.3, -0.25) is 14.3 Å². The Morgan fingerprint density at radius 3 is 2.38 bits per heavy atom. The van der Waals surface area contributed by atoms with Gasteiger partial charge in [0.05, 0.1) is 18.8 Å². The molecule has 1 aliphatic heterocycles. The number of hydrogen-bond donors (Lipinski definition) is 2. The third-order valence-electron chi connectivity index (χ3n) is 4.57. The minimum absolute atomic E-state index is 0.104. The SMILES string of the molecule is CC(=O)Nc1ccc(NC(=O)c2cc3n(n2)C[C@H](c2ccc(Br)cc2)OC3)cc1. The number of fused-ring (bicyclic) bond motifs is 1. The van der Waals surface area contributed by atoms with Crippen molar-refractivity contribution in [1.29, 1.82) is 0 Å². The van der Waals surface area contributed by atoms with Crippen molar-refractivity contribution in [3.05, 3.63) is 76.0 Å². The van der Waals surface area contributed by atoms with Gasteiger partial charge in [0.1, 0.15) is 6.10 Å². The molecule has 0 unspecified atom stereocenters. The summed E-state index contributed by atoms with van der Waals surface area (Å²) in [5, 5.41) is 9.97. The Labute approximate surface area is 176 Å². The van der Waals surface area contributed by atoms with E-state index in [1.165, 1.54) is 6.92 Å². The fourth-order valence-corrected chi connectivity index (χ4v) is 3.42. The van der Waals surface area contributed by atoms with Crippen LogP contribution < -0.4 is 10.6 Å². The van der Waals surface area contributed by atoms with Crippen molar-refractivity contribution in [2.75, 3.05) is 10.6 Å². The van der Waals surface area contributed by atoms with E-state index in [1.54, 1.807) is 30.3 Å². The van der Waals surface area contributed by atoms with E-state index in [0.29, 0.717) is 30.2 Å². The van der Waals surface area contributed by atoms with Crippen LogP contribution in [0.4, 0.5) is 11.4 Å². The van der Waals surface area contributed by atoms with Gasteiger partial charge in [-0.15, -0.1) is 0 Å². The molecule has 1 aromatic heterocycles. The number of halogens is 1. The first kappa shape index (κ1) is 19.4. The highest BCUT2D eigenvalue weighted by molar-refractivity contribution is 9.10. The molecule has 0 bridgehead atoms. The van der Waals surface area contributed by atoms with Crippen LogP contribution in [0.1, 0.15) is 34.8 Å². The Bertz CT molecular complexity index is 1040. The minimum atomic E-state index is -0.292. The smallest absolute Gasteiger partial charge is 0.276 e. The molecule has 2 N–H and O–H groups in total. The summed E-state index contributed by atoms with van der Waals surface area (Å²) in [6.45, 7) is 2.39. The summed E-state index contributed by atoms with van der Waals surface area (Å²) in [6.07, 6.45) is -0.104. The highest BCUT2D eigenvalue weighted by atomic mass is 79.9. The lowest BCUT2D eigenvalue weighted by Gasteiger charge is -2.24. The normalized spacial score (nSPS) is 15.4. The summed E-state index contributed by atoms with van der Waals surface area (Å²) in [5.41, 5.74) is 3.57. The molecule has 4 rings (SSSR count). The molecule has 2 amide bonds. The number of carbonyl (C=O) groups is 2. The first-order valence-corrected chi connectivity index (χ1v) is 9.90. The second kappa shape index (κ2) is 8.18. The Balaban J connectivity index is 1.43. The van der Waals surface area contributed by atoms with Crippen LogP contribution in [0.3, 0.4) is 0 Å². The molecule has 0 aliphatic carbocycles. The largest absolute Gasteiger partial charge is 0.365 e. The Kier molecular flexibility index (Phi) is 5.46. The maximum absolute atomic E-state index is 12.6. The summed E-state index contributed by atoms with van der Waals surface area (Å²) in [6, 6.07) is 16.7. The molecule has 1 aliphatic rings. The fraction of sp³-hybridized carbons (Fsp3) is 0.190. The molecule has 0 radical (unpaired) electrons. The molecule has 0 fully saturated rings. The molecule has 148 valence electrons. The van der Waals surface area contributed by atoms with Gasteiger partial charge in [-0.25, -0.2) is 0 Å². The number of nitrogens with zero attached hydrogens (tertiary/aromatic N) is 2. The van der Waals surface area contributed by atoms with Gasteiger partial charge >= 0.3 is 0 Å². The lowest BCUT2D eigenvalue weighted by molar-refractivity contribution is -0.114. The zero-order chi connectivity index (χ0) is 20.4. The van der Waals surface area contributed by atoms with Crippen molar-refractivity contribution in [1.82, 2.24) is 9.78 Å². The first-order chi connectivity index (χ1) is 14.0. The summed E-state index contributed by atoms with van der Waals surface area (Å²) >= 11 is 3.43. The molecule has 0 saturated carbocycles. The number of nitrogens with one attached hydrogen (secondary N) is 2. The van der Waals surface area contributed by atoms with Crippen LogP contribution in [-0.2, 0) is 22.7 Å². The highest BCUT2D eigenvalue weighted by Gasteiger charge is 2.24. The van der Waals surface area contributed by atoms with Crippen molar-refractivity contribution in [2.45, 2.75) is 26.2 Å². The Morgan fingerprint density at radius 1 is 1.07 bits per heavy atom. The highest BCUT2D eigenvalue weighted by Crippen LogP contribution is 2.27. The zero-order valence-electron chi connectivity index (χ0n) is 15.7. The van der Waals surface area contributed by atoms with Gasteiger partial charge < -0.3 is 15.4 Å². The van der Waals surface area contributed by atoms with Crippen LogP contribution in [-0.4, -0.2) is 21.6 Å². The number of carbonyl (C=O) groups excluding carboxylic acids is 2. The van der Waals surface area contributed by atoms with Crippen LogP contribution in [0.2, 0.25) is 0 Å². The van der Waals surface area contributed by atoms with Gasteiger partial charge in [-0.1, -0.05) is 28.1 Å². The number of benzene rings is 2. The van der Waals surface area contributed by atoms with Gasteiger partial charge in [0, 0.05) is 22.8 Å². The lowest BCUT2D eigenvalue weighted by Crippen LogP contribution is -2.22. The number of rotatable bonds is 4. The predicted molar refractivity (Wildman–Crippen MR) is 113 cm³/mol. The third-order valence-corrected chi connectivity index (χ3v) is 5.10. The van der Waals surface area contributed by atoms with Crippen LogP contribution >= 0.6 is 15.9 Å². The number of hydrogen-bond acceptors (Lipinski definition) is 4. The maximum Gasteiger partial charge on any atom is 0.276 e. The topological polar surface area (TPSA) is 85.3 Å². The predicted octanol–water partition coefficient (Wildman–Crippen LogP) is 4.13. The molecule has 3 aromatic rings. The lowest BCUT2D eigenvalue weighted by atomic mass is 10.1. The minimum Gasteiger partial charge on any atom is -0.365 e. The van der Waals surface area contributed by atoms with E-state index in [2.05, 4.69) is 31.7 Å². The average molecular weight is 455 g/mol. The van der Waals surface area contributed by atoms with E-state index in [4.69, 9.17) is 4.74 Å². The monoisotopic (exact) mass is 454 g/mol. The van der Waals surface area contributed by atoms with Crippen molar-refractivity contribution >= 4 is 39.1 Å². The standard InChI is InChI=1S/C21H19BrN4O3/c1-13(27)23-16-6-8-17(9-7-16)24-21(28)19-10-18-12-29-20(11-26(18)25-19)14-2-4-15(22)5-3-14/h2-10,20H,11-12H2,1H3,(H,23,27)(H,24,28)/t20-/m1/s1. The first-order valence-electron chi connectivity index (χ1n) is 9.11. The summed E-state index contributed by atoms with van der Waals surface area (Å²) in [5.74, 6) is -0.437. The molecule has 7 nitrogen and oxygen atoms in total. The van der Waals surface area contributed by atoms with Crippen molar-refractivity contribution in [2.24, 2.45) is 0 Å². The number of aromatic nitrogens is 2. The number of amides is 2. The maximum atomic E-state index is 12.6. The summed E-state index contributed by atoms with van der Waals surface area (Å²) in [7, 11) is 0. The second-order valence-corrected chi connectivity index (χ2v) is 7.68. The van der Waals surface area contributed by atoms with Crippen LogP contribution in [0.15, 0.2) is 59.1 Å². The van der Waals surface area contributed by atoms with Crippen molar-refractivity contribution in [3.63, 3.8) is 0 Å². The van der Waals surface area contributed by atoms with Gasteiger partial charge in [0.15, 0.2) is 5.69 Å². The van der Waals surface area contributed by atoms with E-state index in [-0.39, 0.29) is 17.9 Å². The van der Waals surface area contributed by atoms with E-state index < -0.39 is 0 Å². The Hall–Kier alpha value is -2.97. The average Bonchev–Trinajstić information content (AvgIpc) is 3.13. The molecule has 29 heavy (non-hydrogen) atoms. The quantitative estimate of drug-likeness (QED) is 0.620. The third kappa shape index (κ3) is 4.55. The molecule has 2 heterocycles. The molecular weight excluding hydrogens is 436 g/mol. The van der Waals surface area contributed by atoms with Gasteiger partial charge in [-0.05, 0) is 48.0 Å². The van der Waals surface area contributed by atoms with Gasteiger partial charge in [0.25, 0.3) is 5.91 Å². The second-order valence-electron chi connectivity index (χ2n) is 6.77. The molecule has 2 aromatic carbocycles. The fourth-order valence-electron chi connectivity index (χ4n) is 3.15. The van der Waals surface area contributed by atoms with Crippen molar-refractivity contribution < 1.29 is 14.3 Å². The Morgan fingerprint density at radius 2 is 1.72 bits per heavy atom. The summed E-state index contributed by atoms with van der Waals surface area (Å²) < 4.78 is 8.78. The van der Waals surface area contributed by atoms with Crippen molar-refractivity contribution in [3.8, 4) is 0 Å². The zero-order valence-corrected chi connectivity index (χ0v) is 17.3.